The summed E-state index contributed by atoms with van der Waals surface area (Å²) in [6.07, 6.45) is 3.16. The summed E-state index contributed by atoms with van der Waals surface area (Å²) in [6, 6.07) is 0.508. The molecule has 0 heterocycles. The van der Waals surface area contributed by atoms with Crippen molar-refractivity contribution in [3.63, 3.8) is 0 Å². The zero-order valence-corrected chi connectivity index (χ0v) is 11.6. The molecule has 0 radical (unpaired) electrons. The lowest BCUT2D eigenvalue weighted by Crippen LogP contribution is -2.55. The van der Waals surface area contributed by atoms with Crippen LogP contribution >= 0.6 is 11.8 Å². The lowest BCUT2D eigenvalue weighted by Gasteiger charge is -2.30. The lowest BCUT2D eigenvalue weighted by molar-refractivity contribution is -0.124. The van der Waals surface area contributed by atoms with Crippen LogP contribution in [-0.4, -0.2) is 28.0 Å². The molecule has 1 aliphatic rings. The Kier molecular flexibility index (Phi) is 4.68. The fourth-order valence-corrected chi connectivity index (χ4v) is 3.36. The topological polar surface area (TPSA) is 55.1 Å². The Morgan fingerprint density at radius 1 is 1.50 bits per heavy atom. The first kappa shape index (κ1) is 13.8. The Labute approximate surface area is 103 Å². The van der Waals surface area contributed by atoms with Crippen molar-refractivity contribution < 1.29 is 4.79 Å². The molecule has 0 aromatic rings. The molecule has 0 aliphatic heterocycles. The predicted molar refractivity (Wildman–Crippen MR) is 70.6 cm³/mol. The number of primary amides is 1. The smallest absolute Gasteiger partial charge is 0.237 e. The molecule has 0 bridgehead atoms. The maximum Gasteiger partial charge on any atom is 0.237 e. The van der Waals surface area contributed by atoms with Gasteiger partial charge in [-0.3, -0.25) is 4.79 Å². The van der Waals surface area contributed by atoms with Gasteiger partial charge in [-0.05, 0) is 31.4 Å². The van der Waals surface area contributed by atoms with E-state index in [1.807, 2.05) is 18.7 Å². The second-order valence-electron chi connectivity index (χ2n) is 5.31. The second kappa shape index (κ2) is 5.41. The van der Waals surface area contributed by atoms with Crippen molar-refractivity contribution in [2.24, 2.45) is 5.73 Å². The van der Waals surface area contributed by atoms with Crippen LogP contribution in [0.1, 0.15) is 47.0 Å². The molecule has 1 saturated carbocycles. The van der Waals surface area contributed by atoms with E-state index in [1.54, 1.807) is 0 Å². The summed E-state index contributed by atoms with van der Waals surface area (Å²) in [4.78, 5) is 11.6. The summed E-state index contributed by atoms with van der Waals surface area (Å²) in [7, 11) is 0. The molecule has 0 spiro atoms. The van der Waals surface area contributed by atoms with E-state index in [0.717, 1.165) is 6.42 Å². The molecule has 0 aromatic heterocycles. The number of amides is 1. The lowest BCUT2D eigenvalue weighted by atomic mass is 9.95. The van der Waals surface area contributed by atoms with E-state index in [-0.39, 0.29) is 5.91 Å². The van der Waals surface area contributed by atoms with Gasteiger partial charge in [-0.15, -0.1) is 0 Å². The summed E-state index contributed by atoms with van der Waals surface area (Å²) in [5.41, 5.74) is 4.98. The molecule has 94 valence electrons. The maximum atomic E-state index is 11.6. The summed E-state index contributed by atoms with van der Waals surface area (Å²) in [5.74, 6) is -0.226. The Morgan fingerprint density at radius 3 is 2.44 bits per heavy atom. The van der Waals surface area contributed by atoms with Crippen LogP contribution in [0.3, 0.4) is 0 Å². The largest absolute Gasteiger partial charge is 0.368 e. The van der Waals surface area contributed by atoms with Gasteiger partial charge in [0, 0.05) is 11.3 Å². The van der Waals surface area contributed by atoms with Gasteiger partial charge in [0.2, 0.25) is 5.91 Å². The number of nitrogens with one attached hydrogen (secondary N) is 1. The van der Waals surface area contributed by atoms with Crippen molar-refractivity contribution in [3.8, 4) is 0 Å². The van der Waals surface area contributed by atoms with Crippen molar-refractivity contribution in [2.75, 3.05) is 0 Å². The highest BCUT2D eigenvalue weighted by atomic mass is 32.2. The van der Waals surface area contributed by atoms with Gasteiger partial charge < -0.3 is 11.1 Å². The van der Waals surface area contributed by atoms with E-state index < -0.39 is 5.54 Å². The highest BCUT2D eigenvalue weighted by Gasteiger charge is 2.38. The quantitative estimate of drug-likeness (QED) is 0.719. The molecule has 3 N–H and O–H groups in total. The molecule has 2 unspecified atom stereocenters. The van der Waals surface area contributed by atoms with Crippen LogP contribution in [0.5, 0.6) is 0 Å². The highest BCUT2D eigenvalue weighted by Crippen LogP contribution is 2.29. The Balaban J connectivity index is 2.51. The normalized spacial score (nSPS) is 21.8. The standard InChI is InChI=1S/C12H24N2OS/c1-8(2)16-9(3)7-12(4,11(13)15)14-10-5-6-10/h8-10,14H,5-7H2,1-4H3,(H2,13,15). The first-order valence-corrected chi connectivity index (χ1v) is 7.01. The minimum Gasteiger partial charge on any atom is -0.368 e. The van der Waals surface area contributed by atoms with Crippen LogP contribution in [0.4, 0.5) is 0 Å². The van der Waals surface area contributed by atoms with Gasteiger partial charge in [0.1, 0.15) is 0 Å². The highest BCUT2D eigenvalue weighted by molar-refractivity contribution is 8.00. The SMILES string of the molecule is CC(C)SC(C)CC(C)(NC1CC1)C(N)=O. The van der Waals surface area contributed by atoms with Crippen molar-refractivity contribution in [1.29, 1.82) is 0 Å². The van der Waals surface area contributed by atoms with Crippen LogP contribution in [0.15, 0.2) is 0 Å². The molecule has 4 heteroatoms. The van der Waals surface area contributed by atoms with Crippen LogP contribution in [0.2, 0.25) is 0 Å². The summed E-state index contributed by atoms with van der Waals surface area (Å²) >= 11 is 1.90. The molecule has 1 aliphatic carbocycles. The van der Waals surface area contributed by atoms with Gasteiger partial charge in [-0.1, -0.05) is 20.8 Å². The fourth-order valence-electron chi connectivity index (χ4n) is 2.00. The third-order valence-electron chi connectivity index (χ3n) is 2.84. The molecule has 3 nitrogen and oxygen atoms in total. The van der Waals surface area contributed by atoms with E-state index in [2.05, 4.69) is 26.1 Å². The molecule has 0 saturated heterocycles. The number of hydrogen-bond donors (Lipinski definition) is 2. The minimum absolute atomic E-state index is 0.226. The van der Waals surface area contributed by atoms with Crippen LogP contribution in [-0.2, 0) is 4.79 Å². The van der Waals surface area contributed by atoms with Gasteiger partial charge >= 0.3 is 0 Å². The third kappa shape index (κ3) is 4.34. The first-order valence-electron chi connectivity index (χ1n) is 6.06. The molecule has 2 atom stereocenters. The zero-order chi connectivity index (χ0) is 12.3. The van der Waals surface area contributed by atoms with E-state index in [9.17, 15) is 4.79 Å². The van der Waals surface area contributed by atoms with Crippen LogP contribution in [0, 0.1) is 0 Å². The molecular weight excluding hydrogens is 220 g/mol. The van der Waals surface area contributed by atoms with Gasteiger partial charge in [0.05, 0.1) is 5.54 Å². The number of rotatable bonds is 7. The molecule has 16 heavy (non-hydrogen) atoms. The number of hydrogen-bond acceptors (Lipinski definition) is 3. The number of carbonyl (C=O) groups excluding carboxylic acids is 1. The minimum atomic E-state index is -0.539. The third-order valence-corrected chi connectivity index (χ3v) is 4.02. The zero-order valence-electron chi connectivity index (χ0n) is 10.7. The van der Waals surface area contributed by atoms with Gasteiger partial charge in [0.15, 0.2) is 0 Å². The Hall–Kier alpha value is -0.220. The van der Waals surface area contributed by atoms with Gasteiger partial charge in [0.25, 0.3) is 0 Å². The average molecular weight is 244 g/mol. The summed E-state index contributed by atoms with van der Waals surface area (Å²) in [6.45, 7) is 8.46. The number of nitrogens with two attached hydrogens (primary N) is 1. The molecule has 1 rings (SSSR count). The first-order chi connectivity index (χ1) is 7.33. The molecule has 1 fully saturated rings. The molecule has 1 amide bonds. The molecule has 0 aromatic carbocycles. The predicted octanol–water partition coefficient (Wildman–Crippen LogP) is 1.90. The van der Waals surface area contributed by atoms with E-state index in [1.165, 1.54) is 12.8 Å². The van der Waals surface area contributed by atoms with E-state index in [4.69, 9.17) is 5.73 Å². The van der Waals surface area contributed by atoms with Crippen molar-refractivity contribution in [1.82, 2.24) is 5.32 Å². The van der Waals surface area contributed by atoms with Crippen LogP contribution < -0.4 is 11.1 Å². The number of carbonyl (C=O) groups is 1. The van der Waals surface area contributed by atoms with Gasteiger partial charge in [-0.2, -0.15) is 11.8 Å². The summed E-state index contributed by atoms with van der Waals surface area (Å²) in [5, 5.41) is 4.42. The van der Waals surface area contributed by atoms with Crippen molar-refractivity contribution in [2.45, 2.75) is 69.0 Å². The molecular formula is C12H24N2OS. The Bertz CT molecular complexity index is 253. The van der Waals surface area contributed by atoms with E-state index >= 15 is 0 Å². The maximum absolute atomic E-state index is 11.6. The monoisotopic (exact) mass is 244 g/mol. The van der Waals surface area contributed by atoms with Gasteiger partial charge in [-0.25, -0.2) is 0 Å². The average Bonchev–Trinajstić information content (AvgIpc) is 2.85. The van der Waals surface area contributed by atoms with Crippen molar-refractivity contribution in [3.05, 3.63) is 0 Å². The summed E-state index contributed by atoms with van der Waals surface area (Å²) < 4.78 is 0. The Morgan fingerprint density at radius 2 is 2.06 bits per heavy atom. The van der Waals surface area contributed by atoms with Crippen molar-refractivity contribution >= 4 is 17.7 Å². The number of thioether (sulfide) groups is 1. The fraction of sp³-hybridized carbons (Fsp3) is 0.917. The van der Waals surface area contributed by atoms with E-state index in [0.29, 0.717) is 16.5 Å². The second-order valence-corrected chi connectivity index (χ2v) is 7.33. The van der Waals surface area contributed by atoms with Crippen LogP contribution in [0.25, 0.3) is 0 Å².